The van der Waals surface area contributed by atoms with Crippen molar-refractivity contribution in [2.24, 2.45) is 0 Å². The molecule has 0 saturated carbocycles. The normalized spacial score (nSPS) is 27.8. The Kier molecular flexibility index (Phi) is 2.41. The van der Waals surface area contributed by atoms with Crippen molar-refractivity contribution in [1.82, 2.24) is 25.1 Å². The summed E-state index contributed by atoms with van der Waals surface area (Å²) < 4.78 is 25.7. The number of imide groups is 1. The molecular weight excluding hydrogens is 274 g/mol. The molecular formula is C9H11N5O4S. The van der Waals surface area contributed by atoms with Gasteiger partial charge in [-0.3, -0.25) is 15.2 Å². The van der Waals surface area contributed by atoms with Crippen molar-refractivity contribution in [1.29, 1.82) is 0 Å². The third-order valence-electron chi connectivity index (χ3n) is 3.36. The minimum absolute atomic E-state index is 0.0364. The molecule has 2 fully saturated rings. The number of urea groups is 1. The third-order valence-corrected chi connectivity index (χ3v) is 5.17. The summed E-state index contributed by atoms with van der Waals surface area (Å²) in [7, 11) is -3.69. The quantitative estimate of drug-likeness (QED) is 0.563. The van der Waals surface area contributed by atoms with Crippen molar-refractivity contribution in [3.05, 3.63) is 12.4 Å². The lowest BCUT2D eigenvalue weighted by Crippen LogP contribution is -2.49. The summed E-state index contributed by atoms with van der Waals surface area (Å²) >= 11 is 0. The van der Waals surface area contributed by atoms with Crippen LogP contribution in [0, 0.1) is 0 Å². The highest BCUT2D eigenvalue weighted by atomic mass is 32.2. The molecule has 0 radical (unpaired) electrons. The highest BCUT2D eigenvalue weighted by molar-refractivity contribution is 7.89. The third kappa shape index (κ3) is 1.71. The van der Waals surface area contributed by atoms with Crippen LogP contribution >= 0.6 is 0 Å². The second-order valence-corrected chi connectivity index (χ2v) is 6.45. The van der Waals surface area contributed by atoms with Gasteiger partial charge in [0, 0.05) is 19.3 Å². The van der Waals surface area contributed by atoms with Crippen LogP contribution in [0.5, 0.6) is 0 Å². The maximum Gasteiger partial charge on any atom is 0.322 e. The Balaban J connectivity index is 1.88. The summed E-state index contributed by atoms with van der Waals surface area (Å²) in [5.74, 6) is -0.484. The van der Waals surface area contributed by atoms with Gasteiger partial charge in [0.2, 0.25) is 10.0 Å². The first kappa shape index (κ1) is 12.1. The maximum atomic E-state index is 12.2. The molecule has 19 heavy (non-hydrogen) atoms. The molecule has 0 aromatic carbocycles. The van der Waals surface area contributed by atoms with E-state index in [4.69, 9.17) is 0 Å². The molecule has 1 aromatic heterocycles. The van der Waals surface area contributed by atoms with E-state index in [1.165, 1.54) is 16.7 Å². The molecule has 3 rings (SSSR count). The zero-order valence-electron chi connectivity index (χ0n) is 9.71. The number of hydrogen-bond acceptors (Lipinski definition) is 5. The number of rotatable bonds is 2. The lowest BCUT2D eigenvalue weighted by atomic mass is 10.00. The number of nitrogens with zero attached hydrogens (tertiary/aromatic N) is 2. The van der Waals surface area contributed by atoms with Gasteiger partial charge in [0.25, 0.3) is 5.91 Å². The first-order valence-electron chi connectivity index (χ1n) is 5.57. The van der Waals surface area contributed by atoms with Crippen molar-refractivity contribution in [2.75, 3.05) is 13.1 Å². The number of nitrogens with one attached hydrogen (secondary N) is 3. The summed E-state index contributed by atoms with van der Waals surface area (Å²) in [6, 6.07) is -0.590. The molecule has 0 aliphatic carbocycles. The SMILES string of the molecule is O=C1NC(=O)C2(CCN(S(=O)(=O)c3cn[nH]c3)C2)N1. The van der Waals surface area contributed by atoms with E-state index in [-0.39, 0.29) is 24.4 Å². The standard InChI is InChI=1S/C9H11N5O4S/c15-7-9(13-8(16)12-7)1-2-14(5-9)19(17,18)6-3-10-11-4-6/h3-4H,1-2,5H2,(H,10,11)(H2,12,13,15,16). The van der Waals surface area contributed by atoms with Crippen molar-refractivity contribution in [2.45, 2.75) is 16.9 Å². The minimum atomic E-state index is -3.69. The fourth-order valence-electron chi connectivity index (χ4n) is 2.32. The zero-order valence-corrected chi connectivity index (χ0v) is 10.5. The summed E-state index contributed by atoms with van der Waals surface area (Å²) in [5, 5.41) is 10.7. The monoisotopic (exact) mass is 285 g/mol. The van der Waals surface area contributed by atoms with Crippen LogP contribution in [0.3, 0.4) is 0 Å². The topological polar surface area (TPSA) is 124 Å². The van der Waals surface area contributed by atoms with E-state index in [1.54, 1.807) is 0 Å². The maximum absolute atomic E-state index is 12.2. The van der Waals surface area contributed by atoms with Crippen LogP contribution in [0.25, 0.3) is 0 Å². The van der Waals surface area contributed by atoms with Crippen molar-refractivity contribution in [3.63, 3.8) is 0 Å². The van der Waals surface area contributed by atoms with Gasteiger partial charge in [0.15, 0.2) is 0 Å². The van der Waals surface area contributed by atoms with Crippen LogP contribution in [0.4, 0.5) is 4.79 Å². The Hall–Kier alpha value is -1.94. The molecule has 2 aliphatic heterocycles. The second-order valence-electron chi connectivity index (χ2n) is 4.51. The van der Waals surface area contributed by atoms with Gasteiger partial charge in [0.1, 0.15) is 10.4 Å². The van der Waals surface area contributed by atoms with Crippen molar-refractivity contribution < 1.29 is 18.0 Å². The van der Waals surface area contributed by atoms with E-state index in [1.807, 2.05) is 0 Å². The largest absolute Gasteiger partial charge is 0.322 e. The number of sulfonamides is 1. The van der Waals surface area contributed by atoms with E-state index >= 15 is 0 Å². The Morgan fingerprint density at radius 1 is 1.37 bits per heavy atom. The van der Waals surface area contributed by atoms with E-state index < -0.39 is 27.5 Å². The molecule has 3 N–H and O–H groups in total. The van der Waals surface area contributed by atoms with Crippen LogP contribution in [0.15, 0.2) is 17.3 Å². The van der Waals surface area contributed by atoms with Crippen LogP contribution < -0.4 is 10.6 Å². The number of carbonyl (C=O) groups is 2. The van der Waals surface area contributed by atoms with Crippen molar-refractivity contribution in [3.8, 4) is 0 Å². The molecule has 3 heterocycles. The number of H-pyrrole nitrogens is 1. The van der Waals surface area contributed by atoms with E-state index in [2.05, 4.69) is 20.8 Å². The summed E-state index contributed by atoms with van der Waals surface area (Å²) in [6.07, 6.45) is 2.73. The number of aromatic nitrogens is 2. The Morgan fingerprint density at radius 3 is 2.74 bits per heavy atom. The molecule has 0 bridgehead atoms. The van der Waals surface area contributed by atoms with Gasteiger partial charge in [0.05, 0.1) is 6.20 Å². The Labute approximate surface area is 108 Å². The van der Waals surface area contributed by atoms with Gasteiger partial charge in [-0.25, -0.2) is 13.2 Å². The molecule has 1 atom stereocenters. The van der Waals surface area contributed by atoms with E-state index in [0.717, 1.165) is 0 Å². The van der Waals surface area contributed by atoms with Crippen molar-refractivity contribution >= 4 is 22.0 Å². The molecule has 1 spiro atoms. The first-order valence-corrected chi connectivity index (χ1v) is 7.01. The molecule has 102 valence electrons. The molecule has 3 amide bonds. The predicted molar refractivity (Wildman–Crippen MR) is 61.4 cm³/mol. The smallest absolute Gasteiger partial charge is 0.322 e. The Bertz CT molecular complexity index is 640. The van der Waals surface area contributed by atoms with Crippen LogP contribution in [0.2, 0.25) is 0 Å². The van der Waals surface area contributed by atoms with E-state index in [0.29, 0.717) is 0 Å². The van der Waals surface area contributed by atoms with Gasteiger partial charge in [-0.05, 0) is 6.42 Å². The highest BCUT2D eigenvalue weighted by Crippen LogP contribution is 2.28. The fourth-order valence-corrected chi connectivity index (χ4v) is 3.73. The number of carbonyl (C=O) groups excluding carboxylic acids is 2. The number of hydrogen-bond donors (Lipinski definition) is 3. The molecule has 2 aliphatic rings. The zero-order chi connectivity index (χ0) is 13.7. The van der Waals surface area contributed by atoms with E-state index in [9.17, 15) is 18.0 Å². The lowest BCUT2D eigenvalue weighted by molar-refractivity contribution is -0.123. The highest BCUT2D eigenvalue weighted by Gasteiger charge is 2.53. The van der Waals surface area contributed by atoms with Gasteiger partial charge in [-0.2, -0.15) is 9.40 Å². The summed E-state index contributed by atoms with van der Waals surface area (Å²) in [6.45, 7) is 0.0965. The average Bonchev–Trinajstić information content (AvgIpc) is 3.02. The van der Waals surface area contributed by atoms with Gasteiger partial charge in [-0.15, -0.1) is 0 Å². The van der Waals surface area contributed by atoms with Gasteiger partial charge < -0.3 is 5.32 Å². The number of aromatic amines is 1. The summed E-state index contributed by atoms with van der Waals surface area (Å²) in [4.78, 5) is 22.9. The number of amides is 3. The molecule has 9 nitrogen and oxygen atoms in total. The van der Waals surface area contributed by atoms with Crippen LogP contribution in [-0.2, 0) is 14.8 Å². The minimum Gasteiger partial charge on any atom is -0.322 e. The average molecular weight is 285 g/mol. The first-order chi connectivity index (χ1) is 8.94. The Morgan fingerprint density at radius 2 is 2.16 bits per heavy atom. The van der Waals surface area contributed by atoms with Gasteiger partial charge >= 0.3 is 6.03 Å². The molecule has 1 unspecified atom stereocenters. The summed E-state index contributed by atoms with van der Waals surface area (Å²) in [5.41, 5.74) is -1.14. The second kappa shape index (κ2) is 3.78. The van der Waals surface area contributed by atoms with Crippen LogP contribution in [-0.4, -0.2) is 53.5 Å². The molecule has 2 saturated heterocycles. The molecule has 1 aromatic rings. The fraction of sp³-hybridized carbons (Fsp3) is 0.444. The van der Waals surface area contributed by atoms with Gasteiger partial charge in [-0.1, -0.05) is 0 Å². The van der Waals surface area contributed by atoms with Crippen LogP contribution in [0.1, 0.15) is 6.42 Å². The molecule has 10 heteroatoms. The lowest BCUT2D eigenvalue weighted by Gasteiger charge is -2.20. The predicted octanol–water partition coefficient (Wildman–Crippen LogP) is -1.62.